The molecule has 0 saturated heterocycles. The molecule has 24 heavy (non-hydrogen) atoms. The van der Waals surface area contributed by atoms with Crippen LogP contribution in [0, 0.1) is 0 Å². The second kappa shape index (κ2) is 8.21. The summed E-state index contributed by atoms with van der Waals surface area (Å²) < 4.78 is 1.15. The van der Waals surface area contributed by atoms with Crippen molar-refractivity contribution in [1.82, 2.24) is 20.3 Å². The summed E-state index contributed by atoms with van der Waals surface area (Å²) in [5.41, 5.74) is 0.989. The Morgan fingerprint density at radius 1 is 1.00 bits per heavy atom. The number of nitrogens with zero attached hydrogens (tertiary/aromatic N) is 3. The molecule has 0 atom stereocenters. The number of thiazole rings is 1. The van der Waals surface area contributed by atoms with Crippen LogP contribution in [-0.4, -0.2) is 40.5 Å². The van der Waals surface area contributed by atoms with Crippen molar-refractivity contribution in [3.63, 3.8) is 0 Å². The maximum absolute atomic E-state index is 11.8. The Kier molecular flexibility index (Phi) is 5.52. The van der Waals surface area contributed by atoms with Gasteiger partial charge in [0.25, 0.3) is 0 Å². The maximum atomic E-state index is 11.8. The van der Waals surface area contributed by atoms with Crippen LogP contribution in [0.25, 0.3) is 10.2 Å². The van der Waals surface area contributed by atoms with E-state index in [1.54, 1.807) is 29.8 Å². The van der Waals surface area contributed by atoms with Crippen LogP contribution in [0.4, 0.5) is 11.1 Å². The molecule has 0 unspecified atom stereocenters. The fourth-order valence-electron chi connectivity index (χ4n) is 2.09. The van der Waals surface area contributed by atoms with Crippen molar-refractivity contribution >= 4 is 38.5 Å². The van der Waals surface area contributed by atoms with Gasteiger partial charge in [-0.3, -0.25) is 4.79 Å². The number of amides is 1. The first-order valence-corrected chi connectivity index (χ1v) is 8.50. The molecular formula is C16H18N6OS. The summed E-state index contributed by atoms with van der Waals surface area (Å²) in [4.78, 5) is 24.3. The third-order valence-corrected chi connectivity index (χ3v) is 4.21. The van der Waals surface area contributed by atoms with E-state index in [9.17, 15) is 4.79 Å². The Labute approximate surface area is 143 Å². The topological polar surface area (TPSA) is 91.8 Å². The average Bonchev–Trinajstić information content (AvgIpc) is 3.02. The second-order valence-electron chi connectivity index (χ2n) is 5.01. The van der Waals surface area contributed by atoms with Crippen LogP contribution in [0.1, 0.15) is 6.42 Å². The van der Waals surface area contributed by atoms with Gasteiger partial charge in [0.1, 0.15) is 0 Å². The van der Waals surface area contributed by atoms with E-state index in [2.05, 4.69) is 30.9 Å². The Bertz CT molecular complexity index is 758. The summed E-state index contributed by atoms with van der Waals surface area (Å²) >= 11 is 1.61. The molecule has 1 amide bonds. The van der Waals surface area contributed by atoms with Gasteiger partial charge in [0.15, 0.2) is 5.13 Å². The lowest BCUT2D eigenvalue weighted by atomic mass is 10.3. The number of benzene rings is 1. The van der Waals surface area contributed by atoms with Crippen molar-refractivity contribution in [3.05, 3.63) is 42.7 Å². The predicted molar refractivity (Wildman–Crippen MR) is 96.3 cm³/mol. The van der Waals surface area contributed by atoms with Crippen LogP contribution >= 0.6 is 11.3 Å². The van der Waals surface area contributed by atoms with Crippen molar-refractivity contribution < 1.29 is 4.79 Å². The maximum Gasteiger partial charge on any atom is 0.222 e. The van der Waals surface area contributed by atoms with Crippen LogP contribution in [0.5, 0.6) is 0 Å². The van der Waals surface area contributed by atoms with E-state index < -0.39 is 0 Å². The van der Waals surface area contributed by atoms with E-state index in [-0.39, 0.29) is 5.91 Å². The second-order valence-corrected chi connectivity index (χ2v) is 6.04. The van der Waals surface area contributed by atoms with Crippen LogP contribution in [0.3, 0.4) is 0 Å². The fraction of sp³-hybridized carbons (Fsp3) is 0.250. The van der Waals surface area contributed by atoms with Gasteiger partial charge in [-0.2, -0.15) is 0 Å². The number of rotatable bonds is 8. The molecule has 0 saturated carbocycles. The first-order valence-electron chi connectivity index (χ1n) is 7.68. The zero-order valence-electron chi connectivity index (χ0n) is 13.0. The molecule has 0 fully saturated rings. The molecule has 1 aromatic carbocycles. The Morgan fingerprint density at radius 3 is 2.67 bits per heavy atom. The highest BCUT2D eigenvalue weighted by molar-refractivity contribution is 7.22. The van der Waals surface area contributed by atoms with Gasteiger partial charge in [-0.1, -0.05) is 23.5 Å². The molecule has 2 heterocycles. The van der Waals surface area contributed by atoms with Gasteiger partial charge >= 0.3 is 0 Å². The quantitative estimate of drug-likeness (QED) is 0.543. The molecule has 0 bridgehead atoms. The van der Waals surface area contributed by atoms with Gasteiger partial charge < -0.3 is 16.0 Å². The minimum absolute atomic E-state index is 0.00969. The summed E-state index contributed by atoms with van der Waals surface area (Å²) in [6.07, 6.45) is 3.69. The van der Waals surface area contributed by atoms with Gasteiger partial charge in [0.05, 0.1) is 10.2 Å². The van der Waals surface area contributed by atoms with Crippen molar-refractivity contribution in [3.8, 4) is 0 Å². The number of para-hydroxylation sites is 1. The Hall–Kier alpha value is -2.74. The van der Waals surface area contributed by atoms with E-state index in [4.69, 9.17) is 0 Å². The SMILES string of the molecule is O=C(CCNc1ncccn1)NCCNc1nc2ccccc2s1. The lowest BCUT2D eigenvalue weighted by Gasteiger charge is -2.06. The zero-order valence-corrected chi connectivity index (χ0v) is 13.8. The zero-order chi connectivity index (χ0) is 16.6. The predicted octanol–water partition coefficient (Wildman–Crippen LogP) is 2.12. The lowest BCUT2D eigenvalue weighted by Crippen LogP contribution is -2.30. The van der Waals surface area contributed by atoms with Gasteiger partial charge in [0.2, 0.25) is 11.9 Å². The monoisotopic (exact) mass is 342 g/mol. The van der Waals surface area contributed by atoms with Crippen molar-refractivity contribution in [1.29, 1.82) is 0 Å². The number of hydrogen-bond acceptors (Lipinski definition) is 7. The molecular weight excluding hydrogens is 324 g/mol. The minimum atomic E-state index is -0.00969. The van der Waals surface area contributed by atoms with Gasteiger partial charge in [-0.05, 0) is 18.2 Å². The molecule has 0 aliphatic rings. The number of aromatic nitrogens is 3. The van der Waals surface area contributed by atoms with E-state index in [1.807, 2.05) is 24.3 Å². The molecule has 3 N–H and O–H groups in total. The lowest BCUT2D eigenvalue weighted by molar-refractivity contribution is -0.120. The highest BCUT2D eigenvalue weighted by Crippen LogP contribution is 2.24. The molecule has 0 radical (unpaired) electrons. The summed E-state index contributed by atoms with van der Waals surface area (Å²) in [6, 6.07) is 9.75. The van der Waals surface area contributed by atoms with Crippen LogP contribution < -0.4 is 16.0 Å². The van der Waals surface area contributed by atoms with Crippen LogP contribution in [0.2, 0.25) is 0 Å². The molecule has 0 aliphatic heterocycles. The van der Waals surface area contributed by atoms with Crippen LogP contribution in [-0.2, 0) is 4.79 Å². The van der Waals surface area contributed by atoms with E-state index in [0.717, 1.165) is 15.3 Å². The highest BCUT2D eigenvalue weighted by atomic mass is 32.1. The molecule has 0 aliphatic carbocycles. The number of carbonyl (C=O) groups is 1. The molecule has 8 heteroatoms. The smallest absolute Gasteiger partial charge is 0.222 e. The van der Waals surface area contributed by atoms with Crippen molar-refractivity contribution in [2.45, 2.75) is 6.42 Å². The third kappa shape index (κ3) is 4.63. The molecule has 3 aromatic rings. The molecule has 3 rings (SSSR count). The van der Waals surface area contributed by atoms with E-state index >= 15 is 0 Å². The van der Waals surface area contributed by atoms with Gasteiger partial charge in [-0.15, -0.1) is 0 Å². The fourth-order valence-corrected chi connectivity index (χ4v) is 2.98. The molecule has 124 valence electrons. The first-order chi connectivity index (χ1) is 11.8. The number of hydrogen-bond donors (Lipinski definition) is 3. The summed E-state index contributed by atoms with van der Waals surface area (Å²) in [5, 5.41) is 9.96. The van der Waals surface area contributed by atoms with Crippen molar-refractivity contribution in [2.75, 3.05) is 30.3 Å². The normalized spacial score (nSPS) is 10.5. The number of fused-ring (bicyclic) bond motifs is 1. The number of anilines is 2. The Balaban J connectivity index is 1.32. The van der Waals surface area contributed by atoms with Gasteiger partial charge in [0, 0.05) is 38.4 Å². The minimum Gasteiger partial charge on any atom is -0.360 e. The number of carbonyl (C=O) groups excluding carboxylic acids is 1. The van der Waals surface area contributed by atoms with Crippen molar-refractivity contribution in [2.24, 2.45) is 0 Å². The number of nitrogens with one attached hydrogen (secondary N) is 3. The first kappa shape index (κ1) is 16.1. The average molecular weight is 342 g/mol. The highest BCUT2D eigenvalue weighted by Gasteiger charge is 2.03. The molecule has 7 nitrogen and oxygen atoms in total. The van der Waals surface area contributed by atoms with Crippen LogP contribution in [0.15, 0.2) is 42.7 Å². The van der Waals surface area contributed by atoms with E-state index in [0.29, 0.717) is 32.0 Å². The molecule has 0 spiro atoms. The van der Waals surface area contributed by atoms with Gasteiger partial charge in [-0.25, -0.2) is 15.0 Å². The standard InChI is InChI=1S/C16H18N6OS/c23-14(6-9-20-15-18-7-3-8-19-15)17-10-11-21-16-22-12-4-1-2-5-13(12)24-16/h1-5,7-8H,6,9-11H2,(H,17,23)(H,21,22)(H,18,19,20). The third-order valence-electron chi connectivity index (χ3n) is 3.22. The summed E-state index contributed by atoms with van der Waals surface area (Å²) in [6.45, 7) is 1.69. The summed E-state index contributed by atoms with van der Waals surface area (Å²) in [5.74, 6) is 0.521. The van der Waals surface area contributed by atoms with E-state index in [1.165, 1.54) is 0 Å². The summed E-state index contributed by atoms with van der Waals surface area (Å²) in [7, 11) is 0. The Morgan fingerprint density at radius 2 is 1.83 bits per heavy atom. The molecule has 2 aromatic heterocycles. The largest absolute Gasteiger partial charge is 0.360 e.